The smallest absolute Gasteiger partial charge is 0.224 e. The molecule has 76 valence electrons. The maximum atomic E-state index is 11.4. The van der Waals surface area contributed by atoms with E-state index < -0.39 is 0 Å². The normalized spacial score (nSPS) is 16.8. The van der Waals surface area contributed by atoms with Crippen LogP contribution in [0.5, 0.6) is 0 Å². The first-order valence-electron chi connectivity index (χ1n) is 5.21. The first-order chi connectivity index (χ1) is 6.79. The third-order valence-corrected chi connectivity index (χ3v) is 3.88. The van der Waals surface area contributed by atoms with E-state index in [1.165, 1.54) is 9.75 Å². The maximum Gasteiger partial charge on any atom is 0.224 e. The summed E-state index contributed by atoms with van der Waals surface area (Å²) in [6.45, 7) is 2.15. The van der Waals surface area contributed by atoms with E-state index >= 15 is 0 Å². The molecule has 0 saturated heterocycles. The molecule has 0 saturated carbocycles. The minimum Gasteiger partial charge on any atom is -0.325 e. The average Bonchev–Trinajstić information content (AvgIpc) is 2.52. The molecule has 0 aromatic carbocycles. The summed E-state index contributed by atoms with van der Waals surface area (Å²) in [6, 6.07) is 2.13. The molecule has 1 aliphatic rings. The summed E-state index contributed by atoms with van der Waals surface area (Å²) < 4.78 is 0. The summed E-state index contributed by atoms with van der Waals surface area (Å²) in [4.78, 5) is 14.1. The van der Waals surface area contributed by atoms with Gasteiger partial charge in [-0.3, -0.25) is 4.79 Å². The number of carbonyl (C=O) groups is 1. The average molecular weight is 209 g/mol. The lowest BCUT2D eigenvalue weighted by Gasteiger charge is -2.09. The molecule has 2 nitrogen and oxygen atoms in total. The number of hydrogen-bond donors (Lipinski definition) is 1. The van der Waals surface area contributed by atoms with Crippen molar-refractivity contribution in [1.82, 2.24) is 0 Å². The molecule has 1 aromatic rings. The monoisotopic (exact) mass is 209 g/mol. The summed E-state index contributed by atoms with van der Waals surface area (Å²) in [5, 5.41) is 2.99. The van der Waals surface area contributed by atoms with Crippen LogP contribution >= 0.6 is 11.3 Å². The molecule has 1 aliphatic heterocycles. The Morgan fingerprint density at radius 1 is 1.43 bits per heavy atom. The molecular weight excluding hydrogens is 194 g/mol. The second kappa shape index (κ2) is 4.13. The Morgan fingerprint density at radius 2 is 2.21 bits per heavy atom. The molecule has 0 atom stereocenters. The van der Waals surface area contributed by atoms with Crippen LogP contribution in [-0.2, 0) is 17.6 Å². The number of thiophene rings is 1. The van der Waals surface area contributed by atoms with Gasteiger partial charge in [0.1, 0.15) is 0 Å². The molecule has 1 N–H and O–H groups in total. The third kappa shape index (κ3) is 1.98. The first-order valence-corrected chi connectivity index (χ1v) is 6.02. The number of amides is 1. The molecule has 0 fully saturated rings. The van der Waals surface area contributed by atoms with E-state index in [0.29, 0.717) is 6.42 Å². The fourth-order valence-corrected chi connectivity index (χ4v) is 2.84. The fourth-order valence-electron chi connectivity index (χ4n) is 1.73. The molecule has 2 rings (SSSR count). The molecule has 0 spiro atoms. The molecule has 0 unspecified atom stereocenters. The van der Waals surface area contributed by atoms with Gasteiger partial charge in [-0.25, -0.2) is 0 Å². The van der Waals surface area contributed by atoms with E-state index in [0.717, 1.165) is 31.4 Å². The van der Waals surface area contributed by atoms with Gasteiger partial charge in [-0.1, -0.05) is 6.92 Å². The Hall–Kier alpha value is -0.830. The molecule has 0 bridgehead atoms. The van der Waals surface area contributed by atoms with Crippen LogP contribution < -0.4 is 5.32 Å². The molecule has 2 heterocycles. The number of rotatable bonds is 1. The lowest BCUT2D eigenvalue weighted by molar-refractivity contribution is -0.116. The second-order valence-corrected chi connectivity index (χ2v) is 4.88. The predicted octanol–water partition coefficient (Wildman–Crippen LogP) is 2.98. The quantitative estimate of drug-likeness (QED) is 0.757. The van der Waals surface area contributed by atoms with Crippen molar-refractivity contribution in [2.45, 2.75) is 39.0 Å². The highest BCUT2D eigenvalue weighted by atomic mass is 32.1. The maximum absolute atomic E-state index is 11.4. The van der Waals surface area contributed by atoms with Gasteiger partial charge in [-0.2, -0.15) is 0 Å². The van der Waals surface area contributed by atoms with Crippen LogP contribution in [0, 0.1) is 0 Å². The van der Waals surface area contributed by atoms with Crippen LogP contribution in [0.3, 0.4) is 0 Å². The Bertz CT molecular complexity index is 343. The van der Waals surface area contributed by atoms with Crippen molar-refractivity contribution in [3.63, 3.8) is 0 Å². The van der Waals surface area contributed by atoms with Crippen LogP contribution in [0.2, 0.25) is 0 Å². The van der Waals surface area contributed by atoms with Gasteiger partial charge in [0, 0.05) is 16.2 Å². The van der Waals surface area contributed by atoms with Gasteiger partial charge in [-0.15, -0.1) is 11.3 Å². The Morgan fingerprint density at radius 3 is 3.00 bits per heavy atom. The fraction of sp³-hybridized carbons (Fsp3) is 0.545. The largest absolute Gasteiger partial charge is 0.325 e. The SMILES string of the molecule is CCc1cc2c(s1)CCCCC(=O)N2. The number of anilines is 1. The van der Waals surface area contributed by atoms with Crippen molar-refractivity contribution in [2.24, 2.45) is 0 Å². The van der Waals surface area contributed by atoms with Crippen molar-refractivity contribution in [3.05, 3.63) is 15.8 Å². The molecule has 1 aromatic heterocycles. The van der Waals surface area contributed by atoms with E-state index in [1.807, 2.05) is 11.3 Å². The van der Waals surface area contributed by atoms with Gasteiger partial charge in [0.25, 0.3) is 0 Å². The topological polar surface area (TPSA) is 29.1 Å². The summed E-state index contributed by atoms with van der Waals surface area (Å²) >= 11 is 1.85. The number of aryl methyl sites for hydroxylation is 2. The zero-order valence-corrected chi connectivity index (χ0v) is 9.25. The van der Waals surface area contributed by atoms with E-state index in [2.05, 4.69) is 18.3 Å². The van der Waals surface area contributed by atoms with Gasteiger partial charge >= 0.3 is 0 Å². The lowest BCUT2D eigenvalue weighted by Crippen LogP contribution is -2.13. The van der Waals surface area contributed by atoms with Crippen molar-refractivity contribution in [2.75, 3.05) is 5.32 Å². The number of carbonyl (C=O) groups excluding carboxylic acids is 1. The van der Waals surface area contributed by atoms with Crippen LogP contribution in [0.15, 0.2) is 6.07 Å². The highest BCUT2D eigenvalue weighted by molar-refractivity contribution is 7.12. The second-order valence-electron chi connectivity index (χ2n) is 3.66. The van der Waals surface area contributed by atoms with Crippen LogP contribution in [0.1, 0.15) is 35.9 Å². The third-order valence-electron chi connectivity index (χ3n) is 2.54. The van der Waals surface area contributed by atoms with E-state index in [-0.39, 0.29) is 5.91 Å². The van der Waals surface area contributed by atoms with Crippen molar-refractivity contribution < 1.29 is 4.79 Å². The van der Waals surface area contributed by atoms with Crippen LogP contribution in [-0.4, -0.2) is 5.91 Å². The van der Waals surface area contributed by atoms with Crippen LogP contribution in [0.4, 0.5) is 5.69 Å². The van der Waals surface area contributed by atoms with Crippen LogP contribution in [0.25, 0.3) is 0 Å². The minimum atomic E-state index is 0.173. The molecule has 3 heteroatoms. The van der Waals surface area contributed by atoms with Gasteiger partial charge in [0.05, 0.1) is 5.69 Å². The number of nitrogens with one attached hydrogen (secondary N) is 1. The zero-order chi connectivity index (χ0) is 9.97. The van der Waals surface area contributed by atoms with Gasteiger partial charge in [0.2, 0.25) is 5.91 Å². The summed E-state index contributed by atoms with van der Waals surface area (Å²) in [6.07, 6.45) is 5.03. The number of fused-ring (bicyclic) bond motifs is 1. The minimum absolute atomic E-state index is 0.173. The molecule has 0 radical (unpaired) electrons. The van der Waals surface area contributed by atoms with E-state index in [9.17, 15) is 4.79 Å². The van der Waals surface area contributed by atoms with Gasteiger partial charge in [-0.05, 0) is 31.7 Å². The van der Waals surface area contributed by atoms with E-state index in [4.69, 9.17) is 0 Å². The standard InChI is InChI=1S/C11H15NOS/c1-2-8-7-9-10(14-8)5-3-4-6-11(13)12-9/h7H,2-6H2,1H3,(H,12,13). The van der Waals surface area contributed by atoms with Crippen molar-refractivity contribution >= 4 is 22.9 Å². The Balaban J connectivity index is 2.27. The highest BCUT2D eigenvalue weighted by Gasteiger charge is 2.13. The molecular formula is C11H15NOS. The molecule has 14 heavy (non-hydrogen) atoms. The van der Waals surface area contributed by atoms with Gasteiger partial charge in [0.15, 0.2) is 0 Å². The Labute approximate surface area is 88.3 Å². The molecule has 1 amide bonds. The summed E-state index contributed by atoms with van der Waals surface area (Å²) in [5.74, 6) is 0.173. The van der Waals surface area contributed by atoms with Crippen molar-refractivity contribution in [1.29, 1.82) is 0 Å². The highest BCUT2D eigenvalue weighted by Crippen LogP contribution is 2.30. The predicted molar refractivity (Wildman–Crippen MR) is 59.9 cm³/mol. The number of hydrogen-bond acceptors (Lipinski definition) is 2. The van der Waals surface area contributed by atoms with Gasteiger partial charge < -0.3 is 5.32 Å². The summed E-state index contributed by atoms with van der Waals surface area (Å²) in [7, 11) is 0. The van der Waals surface area contributed by atoms with E-state index in [1.54, 1.807) is 0 Å². The van der Waals surface area contributed by atoms with Crippen molar-refractivity contribution in [3.8, 4) is 0 Å². The lowest BCUT2D eigenvalue weighted by atomic mass is 10.1. The summed E-state index contributed by atoms with van der Waals surface area (Å²) in [5.41, 5.74) is 1.07. The first kappa shape index (κ1) is 9.71. The Kier molecular flexibility index (Phi) is 2.87. The molecule has 0 aliphatic carbocycles. The zero-order valence-electron chi connectivity index (χ0n) is 8.43.